The van der Waals surface area contributed by atoms with Crippen LogP contribution in [-0.4, -0.2) is 33.5 Å². The molecule has 3 heterocycles. The monoisotopic (exact) mass is 481 g/mol. The minimum atomic E-state index is -0.152. The number of thiazole rings is 1. The number of carbonyl (C=O) groups excluding carboxylic acids is 2. The quantitative estimate of drug-likeness (QED) is 0.321. The van der Waals surface area contributed by atoms with Crippen LogP contribution in [0.25, 0.3) is 22.0 Å². The van der Waals surface area contributed by atoms with Crippen molar-refractivity contribution in [3.63, 3.8) is 0 Å². The highest BCUT2D eigenvalue weighted by Crippen LogP contribution is 2.26. The molecule has 170 valence electrons. The molecule has 3 aromatic heterocycles. The van der Waals surface area contributed by atoms with Crippen molar-refractivity contribution in [1.82, 2.24) is 20.4 Å². The normalized spacial score (nSPS) is 10.8. The van der Waals surface area contributed by atoms with E-state index in [1.165, 1.54) is 35.2 Å². The minimum Gasteiger partial charge on any atom is -0.356 e. The Hall–Kier alpha value is -3.37. The van der Waals surface area contributed by atoms with Crippen LogP contribution < -0.4 is 10.6 Å². The summed E-state index contributed by atoms with van der Waals surface area (Å²) in [5.41, 5.74) is 3.01. The minimum absolute atomic E-state index is 0.00491. The van der Waals surface area contributed by atoms with E-state index in [1.54, 1.807) is 0 Å². The van der Waals surface area contributed by atoms with Crippen LogP contribution in [0.15, 0.2) is 51.7 Å². The van der Waals surface area contributed by atoms with E-state index in [1.807, 2.05) is 35.0 Å². The topological polar surface area (TPSA) is 110 Å². The first-order valence-corrected chi connectivity index (χ1v) is 12.3. The lowest BCUT2D eigenvalue weighted by Crippen LogP contribution is -2.21. The number of hydrogen-bond donors (Lipinski definition) is 2. The van der Waals surface area contributed by atoms with Gasteiger partial charge < -0.3 is 15.2 Å². The lowest BCUT2D eigenvalue weighted by atomic mass is 10.1. The van der Waals surface area contributed by atoms with Gasteiger partial charge in [-0.05, 0) is 29.9 Å². The Morgan fingerprint density at radius 1 is 1.06 bits per heavy atom. The number of nitrogens with zero attached hydrogens (tertiary/aromatic N) is 3. The Labute approximate surface area is 199 Å². The fraction of sp³-hybridized carbons (Fsp3) is 0.261. The average Bonchev–Trinajstić information content (AvgIpc) is 3.57. The van der Waals surface area contributed by atoms with Crippen molar-refractivity contribution in [3.8, 4) is 22.0 Å². The first kappa shape index (κ1) is 22.8. The molecule has 0 spiro atoms. The molecule has 0 saturated heterocycles. The summed E-state index contributed by atoms with van der Waals surface area (Å²) in [6, 6.07) is 12.0. The number of aromatic nitrogens is 3. The van der Waals surface area contributed by atoms with Gasteiger partial charge in [-0.3, -0.25) is 9.59 Å². The lowest BCUT2D eigenvalue weighted by Gasteiger charge is -2.04. The van der Waals surface area contributed by atoms with E-state index in [2.05, 4.69) is 37.9 Å². The third kappa shape index (κ3) is 6.56. The zero-order valence-corrected chi connectivity index (χ0v) is 19.7. The van der Waals surface area contributed by atoms with Gasteiger partial charge >= 0.3 is 0 Å². The Morgan fingerprint density at radius 2 is 1.91 bits per heavy atom. The number of hydrogen-bond acceptors (Lipinski definition) is 8. The van der Waals surface area contributed by atoms with Gasteiger partial charge in [0.2, 0.25) is 23.5 Å². The summed E-state index contributed by atoms with van der Waals surface area (Å²) in [5, 5.41) is 14.0. The fourth-order valence-corrected chi connectivity index (χ4v) is 4.51. The Bertz CT molecular complexity index is 1200. The fourth-order valence-electron chi connectivity index (χ4n) is 3.13. The van der Waals surface area contributed by atoms with Crippen LogP contribution in [-0.2, 0) is 22.4 Å². The molecule has 0 fully saturated rings. The summed E-state index contributed by atoms with van der Waals surface area (Å²) in [6.45, 7) is 2.20. The standard InChI is InChI=1S/C23H23N5O3S2/c1-15(29)24-12-2-4-16-6-8-17(9-7-16)18-14-33-23(25-18)26-20(30)10-11-21-27-22(28-31-21)19-5-3-13-32-19/h3,5-9,13-14H,2,4,10-12H2,1H3,(H,24,29)(H,25,26,30). The van der Waals surface area contributed by atoms with Gasteiger partial charge in [-0.15, -0.1) is 22.7 Å². The molecule has 0 unspecified atom stereocenters. The Morgan fingerprint density at radius 3 is 2.67 bits per heavy atom. The van der Waals surface area contributed by atoms with Crippen LogP contribution in [0, 0.1) is 0 Å². The predicted molar refractivity (Wildman–Crippen MR) is 129 cm³/mol. The van der Waals surface area contributed by atoms with Crippen molar-refractivity contribution in [1.29, 1.82) is 0 Å². The van der Waals surface area contributed by atoms with Crippen LogP contribution in [0.2, 0.25) is 0 Å². The highest BCUT2D eigenvalue weighted by molar-refractivity contribution is 7.14. The predicted octanol–water partition coefficient (Wildman–Crippen LogP) is 4.56. The number of benzene rings is 1. The van der Waals surface area contributed by atoms with Gasteiger partial charge in [0.15, 0.2) is 5.13 Å². The lowest BCUT2D eigenvalue weighted by molar-refractivity contribution is -0.119. The molecule has 4 aromatic rings. The van der Waals surface area contributed by atoms with Crippen LogP contribution in [0.1, 0.15) is 31.2 Å². The van der Waals surface area contributed by atoms with Crippen molar-refractivity contribution in [2.75, 3.05) is 11.9 Å². The number of thiophene rings is 1. The maximum absolute atomic E-state index is 12.3. The van der Waals surface area contributed by atoms with Gasteiger partial charge in [0.05, 0.1) is 10.6 Å². The van der Waals surface area contributed by atoms with Crippen molar-refractivity contribution in [2.45, 2.75) is 32.6 Å². The van der Waals surface area contributed by atoms with Crippen LogP contribution >= 0.6 is 22.7 Å². The molecule has 33 heavy (non-hydrogen) atoms. The van der Waals surface area contributed by atoms with E-state index in [9.17, 15) is 9.59 Å². The van der Waals surface area contributed by atoms with Gasteiger partial charge in [-0.1, -0.05) is 35.5 Å². The van der Waals surface area contributed by atoms with E-state index in [0.717, 1.165) is 29.0 Å². The molecule has 2 N–H and O–H groups in total. The smallest absolute Gasteiger partial charge is 0.227 e. The summed E-state index contributed by atoms with van der Waals surface area (Å²) < 4.78 is 5.24. The van der Waals surface area contributed by atoms with E-state index >= 15 is 0 Å². The van der Waals surface area contributed by atoms with E-state index < -0.39 is 0 Å². The van der Waals surface area contributed by atoms with Gasteiger partial charge in [0.1, 0.15) is 0 Å². The summed E-state index contributed by atoms with van der Waals surface area (Å²) in [4.78, 5) is 33.0. The highest BCUT2D eigenvalue weighted by atomic mass is 32.1. The molecule has 0 aliphatic heterocycles. The molecule has 4 rings (SSSR count). The maximum Gasteiger partial charge on any atom is 0.227 e. The maximum atomic E-state index is 12.3. The molecule has 0 atom stereocenters. The first-order chi connectivity index (χ1) is 16.1. The molecule has 1 aromatic carbocycles. The van der Waals surface area contributed by atoms with E-state index in [4.69, 9.17) is 4.52 Å². The zero-order chi connectivity index (χ0) is 23.0. The average molecular weight is 482 g/mol. The highest BCUT2D eigenvalue weighted by Gasteiger charge is 2.13. The molecule has 0 aliphatic carbocycles. The summed E-state index contributed by atoms with van der Waals surface area (Å²) in [5.74, 6) is 0.824. The van der Waals surface area contributed by atoms with Crippen molar-refractivity contribution in [3.05, 3.63) is 58.6 Å². The molecule has 2 amide bonds. The number of aryl methyl sites for hydroxylation is 2. The van der Waals surface area contributed by atoms with Gasteiger partial charge in [0, 0.05) is 37.3 Å². The summed E-state index contributed by atoms with van der Waals surface area (Å²) in [6.07, 6.45) is 2.39. The van der Waals surface area contributed by atoms with Crippen LogP contribution in [0.5, 0.6) is 0 Å². The van der Waals surface area contributed by atoms with Crippen molar-refractivity contribution >= 4 is 39.6 Å². The number of carbonyl (C=O) groups is 2. The SMILES string of the molecule is CC(=O)NCCCc1ccc(-c2csc(NC(=O)CCc3nc(-c4cccs4)no3)n2)cc1. The first-order valence-electron chi connectivity index (χ1n) is 10.5. The number of nitrogens with one attached hydrogen (secondary N) is 2. The molecular weight excluding hydrogens is 458 g/mol. The Balaban J connectivity index is 1.25. The summed E-state index contributed by atoms with van der Waals surface area (Å²) >= 11 is 2.92. The van der Waals surface area contributed by atoms with Crippen LogP contribution in [0.3, 0.4) is 0 Å². The number of rotatable bonds is 10. The molecule has 10 heteroatoms. The van der Waals surface area contributed by atoms with Crippen molar-refractivity contribution in [2.24, 2.45) is 0 Å². The van der Waals surface area contributed by atoms with Gasteiger partial charge in [0.25, 0.3) is 0 Å². The second kappa shape index (κ2) is 11.0. The van der Waals surface area contributed by atoms with E-state index in [0.29, 0.717) is 29.8 Å². The third-order valence-electron chi connectivity index (χ3n) is 4.79. The third-order valence-corrected chi connectivity index (χ3v) is 6.42. The molecular formula is C23H23N5O3S2. The van der Waals surface area contributed by atoms with Crippen LogP contribution in [0.4, 0.5) is 5.13 Å². The zero-order valence-electron chi connectivity index (χ0n) is 18.0. The Kier molecular flexibility index (Phi) is 7.59. The molecule has 0 bridgehead atoms. The number of anilines is 1. The van der Waals surface area contributed by atoms with Crippen molar-refractivity contribution < 1.29 is 14.1 Å². The largest absolute Gasteiger partial charge is 0.356 e. The van der Waals surface area contributed by atoms with Gasteiger partial charge in [-0.2, -0.15) is 4.98 Å². The molecule has 0 radical (unpaired) electrons. The molecule has 0 saturated carbocycles. The molecule has 0 aliphatic rings. The molecule has 8 nitrogen and oxygen atoms in total. The van der Waals surface area contributed by atoms with E-state index in [-0.39, 0.29) is 18.2 Å². The summed E-state index contributed by atoms with van der Waals surface area (Å²) in [7, 11) is 0. The second-order valence-electron chi connectivity index (χ2n) is 7.36. The second-order valence-corrected chi connectivity index (χ2v) is 9.16. The van der Waals surface area contributed by atoms with Gasteiger partial charge in [-0.25, -0.2) is 4.98 Å². The number of amides is 2.